The van der Waals surface area contributed by atoms with Crippen LogP contribution in [0.2, 0.25) is 0 Å². The van der Waals surface area contributed by atoms with Crippen molar-refractivity contribution in [2.75, 3.05) is 0 Å². The molecule has 0 spiro atoms. The number of imidazole rings is 1. The molecule has 134 valence electrons. The van der Waals surface area contributed by atoms with Crippen LogP contribution >= 0.6 is 0 Å². The molecule has 0 unspecified atom stereocenters. The van der Waals surface area contributed by atoms with Crippen molar-refractivity contribution < 1.29 is 5.11 Å². The molecule has 0 aliphatic carbocycles. The van der Waals surface area contributed by atoms with E-state index in [2.05, 4.69) is 11.9 Å². The molecule has 2 rings (SSSR count). The molecule has 0 bridgehead atoms. The topological polar surface area (TPSA) is 82.1 Å². The zero-order valence-electron chi connectivity index (χ0n) is 15.1. The van der Waals surface area contributed by atoms with E-state index in [-0.39, 0.29) is 23.8 Å². The summed E-state index contributed by atoms with van der Waals surface area (Å²) >= 11 is 0. The molecule has 1 N–H and O–H groups in total. The summed E-state index contributed by atoms with van der Waals surface area (Å²) in [6.45, 7) is 9.27. The first-order valence-electron chi connectivity index (χ1n) is 8.79. The fourth-order valence-corrected chi connectivity index (χ4v) is 2.96. The van der Waals surface area contributed by atoms with Gasteiger partial charge < -0.3 is 9.67 Å². The van der Waals surface area contributed by atoms with Gasteiger partial charge in [-0.15, -0.1) is 0 Å². The summed E-state index contributed by atoms with van der Waals surface area (Å²) in [6.07, 6.45) is 2.60. The minimum absolute atomic E-state index is 0.187. The van der Waals surface area contributed by atoms with Crippen LogP contribution in [0.25, 0.3) is 11.2 Å². The third-order valence-electron chi connectivity index (χ3n) is 4.07. The highest BCUT2D eigenvalue weighted by atomic mass is 16.3. The van der Waals surface area contributed by atoms with Gasteiger partial charge in [0.1, 0.15) is 12.4 Å². The molecular weight excluding hydrogens is 308 g/mol. The van der Waals surface area contributed by atoms with Crippen molar-refractivity contribution in [3.8, 4) is 0 Å². The molecule has 0 radical (unpaired) electrons. The van der Waals surface area contributed by atoms with Crippen molar-refractivity contribution in [3.05, 3.63) is 26.7 Å². The number of fused-ring (bicyclic) bond motifs is 1. The fraction of sp³-hybridized carbons (Fsp3) is 0.706. The molecule has 7 heteroatoms. The maximum atomic E-state index is 12.9. The minimum atomic E-state index is -0.308. The predicted octanol–water partition coefficient (Wildman–Crippen LogP) is 1.72. The molecule has 0 fully saturated rings. The molecule has 0 atom stereocenters. The van der Waals surface area contributed by atoms with Crippen LogP contribution in [0, 0.1) is 5.92 Å². The Morgan fingerprint density at radius 3 is 2.29 bits per heavy atom. The highest BCUT2D eigenvalue weighted by molar-refractivity contribution is 5.71. The van der Waals surface area contributed by atoms with E-state index in [9.17, 15) is 14.7 Å². The summed E-state index contributed by atoms with van der Waals surface area (Å²) in [5.74, 6) is 0.628. The molecule has 0 aromatic carbocycles. The van der Waals surface area contributed by atoms with Gasteiger partial charge in [-0.3, -0.25) is 13.9 Å². The maximum Gasteiger partial charge on any atom is 0.332 e. The Kier molecular flexibility index (Phi) is 5.99. The van der Waals surface area contributed by atoms with E-state index in [1.807, 2.05) is 20.8 Å². The van der Waals surface area contributed by atoms with E-state index in [0.717, 1.165) is 19.3 Å². The summed E-state index contributed by atoms with van der Waals surface area (Å²) in [5, 5.41) is 9.61. The van der Waals surface area contributed by atoms with Crippen LogP contribution in [0.5, 0.6) is 0 Å². The van der Waals surface area contributed by atoms with Crippen LogP contribution in [0.4, 0.5) is 0 Å². The number of rotatable bonds is 8. The lowest BCUT2D eigenvalue weighted by Gasteiger charge is -2.13. The first-order valence-corrected chi connectivity index (χ1v) is 8.79. The number of aliphatic hydroxyl groups is 1. The van der Waals surface area contributed by atoms with Crippen LogP contribution in [0.3, 0.4) is 0 Å². The largest absolute Gasteiger partial charge is 0.388 e. The van der Waals surface area contributed by atoms with Crippen LogP contribution in [0.1, 0.15) is 52.8 Å². The minimum Gasteiger partial charge on any atom is -0.388 e. The summed E-state index contributed by atoms with van der Waals surface area (Å²) in [7, 11) is 0. The Labute approximate surface area is 141 Å². The van der Waals surface area contributed by atoms with Gasteiger partial charge in [-0.1, -0.05) is 34.1 Å². The first kappa shape index (κ1) is 18.4. The molecular formula is C17H28N4O3. The number of hydrogen-bond acceptors (Lipinski definition) is 4. The van der Waals surface area contributed by atoms with Crippen LogP contribution < -0.4 is 11.2 Å². The van der Waals surface area contributed by atoms with Gasteiger partial charge in [0, 0.05) is 19.6 Å². The summed E-state index contributed by atoms with van der Waals surface area (Å²) < 4.78 is 4.67. The van der Waals surface area contributed by atoms with E-state index in [0.29, 0.717) is 36.6 Å². The van der Waals surface area contributed by atoms with Crippen LogP contribution in [-0.4, -0.2) is 23.8 Å². The van der Waals surface area contributed by atoms with Gasteiger partial charge in [0.05, 0.1) is 0 Å². The third kappa shape index (κ3) is 3.31. The Hall–Kier alpha value is -1.89. The predicted molar refractivity (Wildman–Crippen MR) is 94.2 cm³/mol. The molecule has 24 heavy (non-hydrogen) atoms. The molecule has 0 aliphatic rings. The van der Waals surface area contributed by atoms with E-state index in [1.165, 1.54) is 4.57 Å². The van der Waals surface area contributed by atoms with Crippen LogP contribution in [-0.2, 0) is 26.2 Å². The molecule has 0 saturated carbocycles. The maximum absolute atomic E-state index is 12.9. The van der Waals surface area contributed by atoms with Gasteiger partial charge >= 0.3 is 5.69 Å². The Balaban J connectivity index is 2.86. The van der Waals surface area contributed by atoms with E-state index in [4.69, 9.17) is 0 Å². The monoisotopic (exact) mass is 336 g/mol. The lowest BCUT2D eigenvalue weighted by atomic mass is 10.2. The summed E-state index contributed by atoms with van der Waals surface area (Å²) in [5.41, 5.74) is 0.214. The van der Waals surface area contributed by atoms with E-state index >= 15 is 0 Å². The van der Waals surface area contributed by atoms with Gasteiger partial charge in [0.15, 0.2) is 11.2 Å². The van der Waals surface area contributed by atoms with Crippen molar-refractivity contribution in [2.45, 2.75) is 73.2 Å². The molecule has 2 aromatic heterocycles. The van der Waals surface area contributed by atoms with Crippen molar-refractivity contribution >= 4 is 11.2 Å². The summed E-state index contributed by atoms with van der Waals surface area (Å²) in [4.78, 5) is 30.2. The Bertz CT molecular complexity index is 814. The second-order valence-electron chi connectivity index (χ2n) is 6.61. The molecule has 0 saturated heterocycles. The third-order valence-corrected chi connectivity index (χ3v) is 4.07. The number of hydrogen-bond donors (Lipinski definition) is 1. The molecule has 7 nitrogen and oxygen atoms in total. The zero-order valence-corrected chi connectivity index (χ0v) is 15.1. The molecule has 2 aromatic rings. The van der Waals surface area contributed by atoms with Gasteiger partial charge in [-0.2, -0.15) is 0 Å². The lowest BCUT2D eigenvalue weighted by molar-refractivity contribution is 0.265. The van der Waals surface area contributed by atoms with Gasteiger partial charge in [0.2, 0.25) is 0 Å². The second kappa shape index (κ2) is 7.79. The SMILES string of the molecule is CCCCn1c(=O)n(CC(C)C)c(=O)c2c1nc(CO)n2CCC. The summed E-state index contributed by atoms with van der Waals surface area (Å²) in [6, 6.07) is 0. The normalized spacial score (nSPS) is 11.8. The quantitative estimate of drug-likeness (QED) is 0.796. The van der Waals surface area contributed by atoms with Crippen molar-refractivity contribution in [1.29, 1.82) is 0 Å². The van der Waals surface area contributed by atoms with Gasteiger partial charge in [0.25, 0.3) is 5.56 Å². The average molecular weight is 336 g/mol. The molecule has 2 heterocycles. The fourth-order valence-electron chi connectivity index (χ4n) is 2.96. The number of unbranched alkanes of at least 4 members (excludes halogenated alkanes) is 1. The first-order chi connectivity index (χ1) is 11.5. The number of aliphatic hydroxyl groups excluding tert-OH is 1. The Morgan fingerprint density at radius 1 is 1.04 bits per heavy atom. The van der Waals surface area contributed by atoms with Gasteiger partial charge in [-0.05, 0) is 18.8 Å². The lowest BCUT2D eigenvalue weighted by Crippen LogP contribution is -2.41. The standard InChI is InChI=1S/C17H28N4O3/c1-5-7-9-20-15-14(19(8-6-2)13(11-22)18-15)16(23)21(17(20)24)10-12(3)4/h12,22H,5-11H2,1-4H3. The molecule has 0 aliphatic heterocycles. The second-order valence-corrected chi connectivity index (χ2v) is 6.61. The van der Waals surface area contributed by atoms with Crippen molar-refractivity contribution in [3.63, 3.8) is 0 Å². The van der Waals surface area contributed by atoms with E-state index < -0.39 is 0 Å². The average Bonchev–Trinajstić information content (AvgIpc) is 2.90. The highest BCUT2D eigenvalue weighted by Gasteiger charge is 2.21. The molecule has 0 amide bonds. The Morgan fingerprint density at radius 2 is 1.75 bits per heavy atom. The number of aromatic nitrogens is 4. The highest BCUT2D eigenvalue weighted by Crippen LogP contribution is 2.14. The van der Waals surface area contributed by atoms with Crippen LogP contribution in [0.15, 0.2) is 9.59 Å². The van der Waals surface area contributed by atoms with Crippen molar-refractivity contribution in [2.24, 2.45) is 5.92 Å². The zero-order chi connectivity index (χ0) is 17.9. The van der Waals surface area contributed by atoms with E-state index in [1.54, 1.807) is 9.13 Å². The smallest absolute Gasteiger partial charge is 0.332 e. The van der Waals surface area contributed by atoms with Gasteiger partial charge in [-0.25, -0.2) is 9.78 Å². The van der Waals surface area contributed by atoms with Crippen molar-refractivity contribution in [1.82, 2.24) is 18.7 Å². The number of nitrogens with zero attached hydrogens (tertiary/aromatic N) is 4. The number of aryl methyl sites for hydroxylation is 2.